The Balaban J connectivity index is 1.52. The predicted octanol–water partition coefficient (Wildman–Crippen LogP) is 6.54. The second-order valence-corrected chi connectivity index (χ2v) is 11.1. The van der Waals surface area contributed by atoms with Gasteiger partial charge >= 0.3 is 5.97 Å². The molecule has 0 heterocycles. The molecule has 0 aliphatic heterocycles. The maximum atomic E-state index is 10.9. The smallest absolute Gasteiger partial charge is 0.303 e. The average Bonchev–Trinajstić information content (AvgIpc) is 2.91. The van der Waals surface area contributed by atoms with Crippen LogP contribution in [-0.4, -0.2) is 11.1 Å². The van der Waals surface area contributed by atoms with Crippen molar-refractivity contribution in [3.63, 3.8) is 0 Å². The molecule has 0 aromatic carbocycles. The molecular weight excluding hydrogens is 320 g/mol. The monoisotopic (exact) mass is 360 g/mol. The van der Waals surface area contributed by atoms with Crippen LogP contribution in [0.15, 0.2) is 0 Å². The Labute approximate surface area is 160 Å². The molecule has 4 saturated carbocycles. The number of carbonyl (C=O) groups is 1. The quantitative estimate of drug-likeness (QED) is 0.618. The van der Waals surface area contributed by atoms with E-state index in [2.05, 4.69) is 20.8 Å². The minimum absolute atomic E-state index is 0.361. The minimum Gasteiger partial charge on any atom is -0.481 e. The zero-order valence-corrected chi connectivity index (χ0v) is 17.3. The van der Waals surface area contributed by atoms with Gasteiger partial charge in [-0.05, 0) is 104 Å². The van der Waals surface area contributed by atoms with Crippen LogP contribution in [0.4, 0.5) is 0 Å². The first-order valence-corrected chi connectivity index (χ1v) is 11.6. The van der Waals surface area contributed by atoms with Crippen molar-refractivity contribution in [1.29, 1.82) is 0 Å². The molecular formula is C24H40O2. The SMILES string of the molecule is C[C@H]1CC2C(CCC3(C)C2CC[C@@H]3CCCC(=O)O)C2(C)CCCCC12. The third-order valence-corrected chi connectivity index (χ3v) is 10.1. The molecule has 4 aliphatic carbocycles. The summed E-state index contributed by atoms with van der Waals surface area (Å²) in [5, 5.41) is 9.01. The summed E-state index contributed by atoms with van der Waals surface area (Å²) in [6.45, 7) is 7.83. The van der Waals surface area contributed by atoms with Crippen LogP contribution in [0.1, 0.15) is 97.8 Å². The Morgan fingerprint density at radius 3 is 2.50 bits per heavy atom. The van der Waals surface area contributed by atoms with Crippen LogP contribution in [-0.2, 0) is 4.79 Å². The molecule has 26 heavy (non-hydrogen) atoms. The number of hydrogen-bond donors (Lipinski definition) is 1. The van der Waals surface area contributed by atoms with Crippen molar-refractivity contribution in [3.8, 4) is 0 Å². The molecule has 0 amide bonds. The Morgan fingerprint density at radius 2 is 1.73 bits per heavy atom. The van der Waals surface area contributed by atoms with Crippen LogP contribution in [0.25, 0.3) is 0 Å². The van der Waals surface area contributed by atoms with E-state index in [0.717, 1.165) is 48.3 Å². The van der Waals surface area contributed by atoms with Crippen molar-refractivity contribution in [2.24, 2.45) is 46.3 Å². The molecule has 4 rings (SSSR count). The summed E-state index contributed by atoms with van der Waals surface area (Å²) in [6.07, 6.45) is 15.4. The first kappa shape index (κ1) is 18.8. The molecule has 0 aromatic heterocycles. The maximum Gasteiger partial charge on any atom is 0.303 e. The van der Waals surface area contributed by atoms with E-state index in [0.29, 0.717) is 17.3 Å². The normalized spacial score (nSPS) is 50.6. The molecule has 8 atom stereocenters. The molecule has 0 aromatic rings. The van der Waals surface area contributed by atoms with Gasteiger partial charge in [0, 0.05) is 6.42 Å². The highest BCUT2D eigenvalue weighted by atomic mass is 16.4. The summed E-state index contributed by atoms with van der Waals surface area (Å²) in [5.74, 6) is 4.89. The van der Waals surface area contributed by atoms with Crippen LogP contribution in [0, 0.1) is 46.3 Å². The Kier molecular flexibility index (Phi) is 4.93. The summed E-state index contributed by atoms with van der Waals surface area (Å²) in [6, 6.07) is 0. The molecule has 4 aliphatic rings. The van der Waals surface area contributed by atoms with Crippen molar-refractivity contribution in [3.05, 3.63) is 0 Å². The van der Waals surface area contributed by atoms with E-state index in [1.807, 2.05) is 0 Å². The highest BCUT2D eigenvalue weighted by Gasteiger charge is 2.60. The van der Waals surface area contributed by atoms with Gasteiger partial charge in [0.2, 0.25) is 0 Å². The number of fused-ring (bicyclic) bond motifs is 5. The van der Waals surface area contributed by atoms with E-state index >= 15 is 0 Å². The molecule has 1 N–H and O–H groups in total. The lowest BCUT2D eigenvalue weighted by Crippen LogP contribution is -2.55. The van der Waals surface area contributed by atoms with Crippen LogP contribution in [0.3, 0.4) is 0 Å². The van der Waals surface area contributed by atoms with Gasteiger partial charge in [-0.25, -0.2) is 0 Å². The zero-order chi connectivity index (χ0) is 18.5. The highest BCUT2D eigenvalue weighted by Crippen LogP contribution is 2.68. The third-order valence-electron chi connectivity index (χ3n) is 10.1. The van der Waals surface area contributed by atoms with Crippen LogP contribution in [0.2, 0.25) is 0 Å². The fourth-order valence-electron chi connectivity index (χ4n) is 8.89. The van der Waals surface area contributed by atoms with Crippen LogP contribution >= 0.6 is 0 Å². The van der Waals surface area contributed by atoms with Gasteiger partial charge in [-0.2, -0.15) is 0 Å². The van der Waals surface area contributed by atoms with Gasteiger partial charge in [0.25, 0.3) is 0 Å². The van der Waals surface area contributed by atoms with E-state index < -0.39 is 5.97 Å². The maximum absolute atomic E-state index is 10.9. The number of rotatable bonds is 4. The average molecular weight is 361 g/mol. The molecule has 6 unspecified atom stereocenters. The highest BCUT2D eigenvalue weighted by molar-refractivity contribution is 5.66. The second-order valence-electron chi connectivity index (χ2n) is 11.1. The second kappa shape index (κ2) is 6.82. The van der Waals surface area contributed by atoms with Crippen molar-refractivity contribution >= 4 is 5.97 Å². The molecule has 2 nitrogen and oxygen atoms in total. The largest absolute Gasteiger partial charge is 0.481 e. The van der Waals surface area contributed by atoms with Crippen molar-refractivity contribution in [1.82, 2.24) is 0 Å². The van der Waals surface area contributed by atoms with Crippen LogP contribution < -0.4 is 0 Å². The van der Waals surface area contributed by atoms with Gasteiger partial charge in [0.15, 0.2) is 0 Å². The first-order valence-electron chi connectivity index (χ1n) is 11.6. The zero-order valence-electron chi connectivity index (χ0n) is 17.3. The van der Waals surface area contributed by atoms with E-state index in [9.17, 15) is 4.79 Å². The summed E-state index contributed by atoms with van der Waals surface area (Å²) < 4.78 is 0. The molecule has 0 bridgehead atoms. The molecule has 0 spiro atoms. The third kappa shape index (κ3) is 2.85. The van der Waals surface area contributed by atoms with Crippen LogP contribution in [0.5, 0.6) is 0 Å². The standard InChI is InChI=1S/C24H40O2/c1-16-15-18-20-11-10-17(7-6-9-22(25)26)23(20,2)14-12-21(18)24(3)13-5-4-8-19(16)24/h16-21H,4-15H2,1-3H3,(H,25,26)/t16-,17-,18?,19?,20?,21?,23?,24?/m0/s1. The molecule has 2 heteroatoms. The number of hydrogen-bond acceptors (Lipinski definition) is 1. The summed E-state index contributed by atoms with van der Waals surface area (Å²) >= 11 is 0. The van der Waals surface area contributed by atoms with Gasteiger partial charge in [-0.1, -0.05) is 33.6 Å². The van der Waals surface area contributed by atoms with E-state index in [-0.39, 0.29) is 0 Å². The number of carboxylic acid groups (broad SMARTS) is 1. The molecule has 0 radical (unpaired) electrons. The molecule has 148 valence electrons. The lowest BCUT2D eigenvalue weighted by Gasteiger charge is -2.62. The summed E-state index contributed by atoms with van der Waals surface area (Å²) in [4.78, 5) is 10.9. The predicted molar refractivity (Wildman–Crippen MR) is 106 cm³/mol. The summed E-state index contributed by atoms with van der Waals surface area (Å²) in [7, 11) is 0. The minimum atomic E-state index is -0.620. The van der Waals surface area contributed by atoms with Crippen molar-refractivity contribution in [2.75, 3.05) is 0 Å². The number of carboxylic acids is 1. The van der Waals surface area contributed by atoms with Gasteiger partial charge in [0.05, 0.1) is 0 Å². The van der Waals surface area contributed by atoms with Crippen molar-refractivity contribution in [2.45, 2.75) is 97.8 Å². The number of aliphatic carboxylic acids is 1. The summed E-state index contributed by atoms with van der Waals surface area (Å²) in [5.41, 5.74) is 1.11. The first-order chi connectivity index (χ1) is 12.4. The topological polar surface area (TPSA) is 37.3 Å². The van der Waals surface area contributed by atoms with E-state index in [1.54, 1.807) is 0 Å². The van der Waals surface area contributed by atoms with Gasteiger partial charge in [-0.3, -0.25) is 4.79 Å². The Hall–Kier alpha value is -0.530. The van der Waals surface area contributed by atoms with Gasteiger partial charge < -0.3 is 5.11 Å². The fourth-order valence-corrected chi connectivity index (χ4v) is 8.89. The lowest BCUT2D eigenvalue weighted by atomic mass is 9.43. The van der Waals surface area contributed by atoms with E-state index in [4.69, 9.17) is 5.11 Å². The molecule has 0 saturated heterocycles. The van der Waals surface area contributed by atoms with E-state index in [1.165, 1.54) is 57.8 Å². The van der Waals surface area contributed by atoms with Gasteiger partial charge in [-0.15, -0.1) is 0 Å². The van der Waals surface area contributed by atoms with Gasteiger partial charge in [0.1, 0.15) is 0 Å². The Morgan fingerprint density at radius 1 is 0.962 bits per heavy atom. The molecule has 4 fully saturated rings. The van der Waals surface area contributed by atoms with Crippen molar-refractivity contribution < 1.29 is 9.90 Å². The lowest BCUT2D eigenvalue weighted by molar-refractivity contribution is -0.137. The Bertz CT molecular complexity index is 542. The fraction of sp³-hybridized carbons (Fsp3) is 0.958.